The van der Waals surface area contributed by atoms with Crippen molar-refractivity contribution in [2.24, 2.45) is 0 Å². The molecule has 1 aromatic heterocycles. The number of aromatic nitrogens is 2. The van der Waals surface area contributed by atoms with Gasteiger partial charge in [-0.3, -0.25) is 0 Å². The second-order valence-electron chi connectivity index (χ2n) is 4.95. The number of nitrogens with zero attached hydrogens (tertiary/aromatic N) is 2. The molecule has 0 aliphatic rings. The molecule has 2 N–H and O–H groups in total. The monoisotopic (exact) mass is 264 g/mol. The largest absolute Gasteiger partial charge is 0.373 e. The molecule has 4 heteroatoms. The first-order valence-corrected chi connectivity index (χ1v) is 7.52. The Morgan fingerprint density at radius 2 is 1.68 bits per heavy atom. The van der Waals surface area contributed by atoms with Crippen LogP contribution in [-0.4, -0.2) is 23.6 Å². The van der Waals surface area contributed by atoms with Crippen molar-refractivity contribution in [1.82, 2.24) is 9.97 Å². The highest BCUT2D eigenvalue weighted by molar-refractivity contribution is 5.56. The predicted molar refractivity (Wildman–Crippen MR) is 82.9 cm³/mol. The van der Waals surface area contributed by atoms with Gasteiger partial charge in [0.05, 0.1) is 0 Å². The fourth-order valence-electron chi connectivity index (χ4n) is 2.07. The minimum absolute atomic E-state index is 0.925. The molecule has 0 fully saturated rings. The van der Waals surface area contributed by atoms with E-state index in [2.05, 4.69) is 41.4 Å². The smallest absolute Gasteiger partial charge is 0.134 e. The number of unbranched alkanes of at least 4 members (excludes halogenated alkanes) is 3. The van der Waals surface area contributed by atoms with Crippen molar-refractivity contribution in [2.75, 3.05) is 24.2 Å². The molecule has 4 nitrogen and oxygen atoms in total. The van der Waals surface area contributed by atoms with Crippen LogP contribution in [0.3, 0.4) is 0 Å². The van der Waals surface area contributed by atoms with Gasteiger partial charge in [-0.1, -0.05) is 33.1 Å². The second kappa shape index (κ2) is 8.73. The normalized spacial score (nSPS) is 10.5. The summed E-state index contributed by atoms with van der Waals surface area (Å²) in [5, 5.41) is 6.61. The molecule has 1 aromatic rings. The molecule has 0 spiro atoms. The number of hydrogen-bond donors (Lipinski definition) is 2. The lowest BCUT2D eigenvalue weighted by Crippen LogP contribution is -2.10. The number of rotatable bonds is 9. The molecular formula is C15H28N4. The molecule has 1 heterocycles. The van der Waals surface area contributed by atoms with Gasteiger partial charge in [-0.15, -0.1) is 0 Å². The van der Waals surface area contributed by atoms with Gasteiger partial charge in [-0.25, -0.2) is 9.97 Å². The molecular weight excluding hydrogens is 236 g/mol. The first kappa shape index (κ1) is 15.7. The van der Waals surface area contributed by atoms with Gasteiger partial charge in [-0.2, -0.15) is 0 Å². The van der Waals surface area contributed by atoms with Gasteiger partial charge in [0, 0.05) is 25.6 Å². The molecule has 0 amide bonds. The van der Waals surface area contributed by atoms with Gasteiger partial charge in [0.2, 0.25) is 0 Å². The summed E-state index contributed by atoms with van der Waals surface area (Å²) in [4.78, 5) is 9.16. The Morgan fingerprint density at radius 1 is 0.947 bits per heavy atom. The molecule has 0 aliphatic carbocycles. The van der Waals surface area contributed by atoms with E-state index in [4.69, 9.17) is 0 Å². The van der Waals surface area contributed by atoms with Crippen molar-refractivity contribution in [3.8, 4) is 0 Å². The highest BCUT2D eigenvalue weighted by Crippen LogP contribution is 2.20. The maximum absolute atomic E-state index is 4.63. The molecule has 0 atom stereocenters. The Morgan fingerprint density at radius 3 is 2.32 bits per heavy atom. The molecule has 0 aliphatic heterocycles. The fraction of sp³-hybridized carbons (Fsp3) is 0.733. The van der Waals surface area contributed by atoms with Crippen LogP contribution in [0.15, 0.2) is 0 Å². The van der Waals surface area contributed by atoms with Crippen LogP contribution in [0.5, 0.6) is 0 Å². The predicted octanol–water partition coefficient (Wildman–Crippen LogP) is 3.77. The Bertz CT molecular complexity index is 377. The lowest BCUT2D eigenvalue weighted by atomic mass is 10.2. The van der Waals surface area contributed by atoms with Gasteiger partial charge < -0.3 is 10.6 Å². The SMILES string of the molecule is CCCCCCNc1nc(CCC)nc(NC)c1C. The molecule has 0 bridgehead atoms. The van der Waals surface area contributed by atoms with Crippen molar-refractivity contribution in [3.63, 3.8) is 0 Å². The van der Waals surface area contributed by atoms with E-state index in [-0.39, 0.29) is 0 Å². The van der Waals surface area contributed by atoms with E-state index in [1.165, 1.54) is 25.7 Å². The maximum Gasteiger partial charge on any atom is 0.134 e. The maximum atomic E-state index is 4.63. The summed E-state index contributed by atoms with van der Waals surface area (Å²) in [6, 6.07) is 0. The average Bonchev–Trinajstić information content (AvgIpc) is 2.41. The molecule has 0 saturated heterocycles. The van der Waals surface area contributed by atoms with Gasteiger partial charge in [0.15, 0.2) is 0 Å². The standard InChI is InChI=1S/C15H28N4/c1-5-7-8-9-11-17-15-12(3)14(16-4)18-13(19-15)10-6-2/h5-11H2,1-4H3,(H2,16,17,18,19). The van der Waals surface area contributed by atoms with E-state index in [0.29, 0.717) is 0 Å². The van der Waals surface area contributed by atoms with E-state index >= 15 is 0 Å². The third-order valence-electron chi connectivity index (χ3n) is 3.23. The summed E-state index contributed by atoms with van der Waals surface area (Å²) in [5.74, 6) is 2.85. The van der Waals surface area contributed by atoms with Crippen LogP contribution in [0, 0.1) is 6.92 Å². The van der Waals surface area contributed by atoms with Gasteiger partial charge >= 0.3 is 0 Å². The van der Waals surface area contributed by atoms with Crippen molar-refractivity contribution >= 4 is 11.6 Å². The van der Waals surface area contributed by atoms with Crippen molar-refractivity contribution in [1.29, 1.82) is 0 Å². The molecule has 1 rings (SSSR count). The summed E-state index contributed by atoms with van der Waals surface area (Å²) in [6.45, 7) is 7.45. The van der Waals surface area contributed by atoms with E-state index in [1.54, 1.807) is 0 Å². The molecule has 19 heavy (non-hydrogen) atoms. The van der Waals surface area contributed by atoms with Crippen LogP contribution in [0.2, 0.25) is 0 Å². The zero-order chi connectivity index (χ0) is 14.1. The van der Waals surface area contributed by atoms with Crippen LogP contribution in [0.1, 0.15) is 57.3 Å². The van der Waals surface area contributed by atoms with Crippen LogP contribution < -0.4 is 10.6 Å². The van der Waals surface area contributed by atoms with E-state index < -0.39 is 0 Å². The molecule has 0 aromatic carbocycles. The van der Waals surface area contributed by atoms with Crippen LogP contribution in [-0.2, 0) is 6.42 Å². The lowest BCUT2D eigenvalue weighted by molar-refractivity contribution is 0.683. The Kier molecular flexibility index (Phi) is 7.23. The van der Waals surface area contributed by atoms with Crippen molar-refractivity contribution in [3.05, 3.63) is 11.4 Å². The summed E-state index contributed by atoms with van der Waals surface area (Å²) >= 11 is 0. The Labute approximate surface area is 117 Å². The second-order valence-corrected chi connectivity index (χ2v) is 4.95. The Balaban J connectivity index is 2.66. The van der Waals surface area contributed by atoms with Crippen LogP contribution in [0.4, 0.5) is 11.6 Å². The fourth-order valence-corrected chi connectivity index (χ4v) is 2.07. The van der Waals surface area contributed by atoms with Gasteiger partial charge in [0.25, 0.3) is 0 Å². The molecule has 0 saturated carbocycles. The summed E-state index contributed by atoms with van der Waals surface area (Å²) < 4.78 is 0. The van der Waals surface area contributed by atoms with E-state index in [9.17, 15) is 0 Å². The zero-order valence-electron chi connectivity index (χ0n) is 12.8. The molecule has 108 valence electrons. The Hall–Kier alpha value is -1.32. The minimum atomic E-state index is 0.925. The van der Waals surface area contributed by atoms with Crippen LogP contribution >= 0.6 is 0 Å². The number of aryl methyl sites for hydroxylation is 1. The summed E-state index contributed by atoms with van der Waals surface area (Å²) in [7, 11) is 1.91. The average molecular weight is 264 g/mol. The quantitative estimate of drug-likeness (QED) is 0.667. The minimum Gasteiger partial charge on any atom is -0.373 e. The molecule has 0 unspecified atom stereocenters. The lowest BCUT2D eigenvalue weighted by Gasteiger charge is -2.13. The third-order valence-corrected chi connectivity index (χ3v) is 3.23. The van der Waals surface area contributed by atoms with Crippen LogP contribution in [0.25, 0.3) is 0 Å². The number of hydrogen-bond acceptors (Lipinski definition) is 4. The highest BCUT2D eigenvalue weighted by Gasteiger charge is 2.09. The summed E-state index contributed by atoms with van der Waals surface area (Å²) in [5.41, 5.74) is 1.11. The highest BCUT2D eigenvalue weighted by atomic mass is 15.1. The number of anilines is 2. The molecule has 0 radical (unpaired) electrons. The first-order chi connectivity index (χ1) is 9.22. The van der Waals surface area contributed by atoms with Gasteiger partial charge in [-0.05, 0) is 19.8 Å². The summed E-state index contributed by atoms with van der Waals surface area (Å²) in [6.07, 6.45) is 7.08. The van der Waals surface area contributed by atoms with Crippen molar-refractivity contribution in [2.45, 2.75) is 59.3 Å². The zero-order valence-corrected chi connectivity index (χ0v) is 12.8. The van der Waals surface area contributed by atoms with E-state index in [0.717, 1.165) is 42.4 Å². The third kappa shape index (κ3) is 5.05. The van der Waals surface area contributed by atoms with E-state index in [1.807, 2.05) is 7.05 Å². The topological polar surface area (TPSA) is 49.8 Å². The van der Waals surface area contributed by atoms with Gasteiger partial charge in [0.1, 0.15) is 17.5 Å². The van der Waals surface area contributed by atoms with Crippen molar-refractivity contribution < 1.29 is 0 Å². The first-order valence-electron chi connectivity index (χ1n) is 7.52. The number of nitrogens with one attached hydrogen (secondary N) is 2.